The zero-order valence-electron chi connectivity index (χ0n) is 38.4. The zero-order chi connectivity index (χ0) is 49.2. The lowest BCUT2D eigenvalue weighted by Crippen LogP contribution is -2.52. The van der Waals surface area contributed by atoms with Crippen molar-refractivity contribution in [3.05, 3.63) is 111 Å². The van der Waals surface area contributed by atoms with Crippen molar-refractivity contribution in [3.63, 3.8) is 0 Å². The summed E-state index contributed by atoms with van der Waals surface area (Å²) in [6.45, 7) is 5.50. The fraction of sp³-hybridized carbons (Fsp3) is 0.440. The minimum Gasteiger partial charge on any atom is -0.495 e. The molecule has 7 heterocycles. The first kappa shape index (κ1) is 47.4. The van der Waals surface area contributed by atoms with Crippen LogP contribution in [0.15, 0.2) is 66.9 Å². The number of hydrogen-bond acceptors (Lipinski definition) is 11. The first-order chi connectivity index (χ1) is 33.6. The molecule has 10 rings (SSSR count). The van der Waals surface area contributed by atoms with Crippen LogP contribution in [0.5, 0.6) is 5.75 Å². The van der Waals surface area contributed by atoms with Crippen molar-refractivity contribution >= 4 is 58.2 Å². The van der Waals surface area contributed by atoms with Crippen LogP contribution in [0.25, 0.3) is 0 Å². The van der Waals surface area contributed by atoms with E-state index in [0.717, 1.165) is 17.3 Å². The number of piperidine rings is 1. The SMILES string of the molecule is COc1cc(C(=O)N2CCN(c3ccc4c(c3)CN([C@H]3CCC(=O)NC3=O)C4=O)CC2)ccc1NC(=O)[C@H]1[C@H](c2cccc(Cl)c2F)[C@]2(CNc3cc(C(F)(F)F)ncc32)[C@H](C)N1CC1CCOCC1. The second kappa shape index (κ2) is 18.5. The molecule has 3 aromatic carbocycles. The van der Waals surface area contributed by atoms with Gasteiger partial charge in [0.25, 0.3) is 11.8 Å². The minimum absolute atomic E-state index is 0.0884. The van der Waals surface area contributed by atoms with Crippen molar-refractivity contribution in [1.82, 2.24) is 25.0 Å². The smallest absolute Gasteiger partial charge is 0.433 e. The van der Waals surface area contributed by atoms with Crippen LogP contribution in [0.3, 0.4) is 0 Å². The maximum Gasteiger partial charge on any atom is 0.433 e. The molecular formula is C50H51ClF4N8O7. The molecule has 4 saturated heterocycles. The summed E-state index contributed by atoms with van der Waals surface area (Å²) < 4.78 is 69.9. The molecule has 3 N–H and O–H groups in total. The van der Waals surface area contributed by atoms with Gasteiger partial charge in [-0.1, -0.05) is 23.7 Å². The number of pyridine rings is 1. The van der Waals surface area contributed by atoms with E-state index in [1.54, 1.807) is 41.3 Å². The first-order valence-corrected chi connectivity index (χ1v) is 23.8. The lowest BCUT2D eigenvalue weighted by molar-refractivity contribution is -0.141. The molecular weight excluding hydrogens is 936 g/mol. The van der Waals surface area contributed by atoms with Crippen LogP contribution in [0.1, 0.15) is 81.6 Å². The van der Waals surface area contributed by atoms with Crippen LogP contribution >= 0.6 is 11.6 Å². The summed E-state index contributed by atoms with van der Waals surface area (Å²) in [5, 5.41) is 8.38. The summed E-state index contributed by atoms with van der Waals surface area (Å²) in [6, 6.07) is 13.5. The molecule has 20 heteroatoms. The number of ether oxygens (including phenoxy) is 2. The number of alkyl halides is 3. The van der Waals surface area contributed by atoms with Gasteiger partial charge < -0.3 is 34.8 Å². The maximum absolute atomic E-state index is 16.5. The van der Waals surface area contributed by atoms with E-state index in [0.29, 0.717) is 75.5 Å². The van der Waals surface area contributed by atoms with E-state index < -0.39 is 59.0 Å². The summed E-state index contributed by atoms with van der Waals surface area (Å²) >= 11 is 6.44. The highest BCUT2D eigenvalue weighted by molar-refractivity contribution is 6.30. The molecule has 1 aromatic heterocycles. The molecule has 0 radical (unpaired) electrons. The third-order valence-electron chi connectivity index (χ3n) is 15.3. The van der Waals surface area contributed by atoms with E-state index in [-0.39, 0.29) is 77.3 Å². The second-order valence-electron chi connectivity index (χ2n) is 18.9. The van der Waals surface area contributed by atoms with Gasteiger partial charge in [-0.25, -0.2) is 4.39 Å². The molecule has 0 aliphatic carbocycles. The number of carbonyl (C=O) groups is 5. The standard InChI is InChI=1S/C50H51ClF4N8O7/c1-27-49(26-57-37-22-40(50(53,54)55)56-23-34(37)49)42(33-4-3-5-35(51)43(33)52)44(62(27)24-28-12-18-70-19-13-28)46(66)58-36-9-6-29(21-39(36)69-2)47(67)61-16-14-60(15-17-61)31-7-8-32-30(20-31)25-63(48(32)68)38-10-11-41(64)59-45(38)65/h3-9,20-23,27-28,38,42,44,57H,10-19,24-26H2,1-2H3,(H,58,66)(H,59,64,65)/t27-,38-,42-,44+,49+/m0/s1. The monoisotopic (exact) mass is 986 g/mol. The summed E-state index contributed by atoms with van der Waals surface area (Å²) in [7, 11) is 1.42. The average Bonchev–Trinajstić information content (AvgIpc) is 3.98. The fourth-order valence-corrected chi connectivity index (χ4v) is 11.8. The number of rotatable bonds is 9. The number of piperazine rings is 1. The molecule has 70 heavy (non-hydrogen) atoms. The number of methoxy groups -OCH3 is 1. The predicted octanol–water partition coefficient (Wildman–Crippen LogP) is 6.21. The third kappa shape index (κ3) is 8.28. The summed E-state index contributed by atoms with van der Waals surface area (Å²) in [4.78, 5) is 78.0. The Morgan fingerprint density at radius 3 is 2.50 bits per heavy atom. The molecule has 5 amide bonds. The quantitative estimate of drug-likeness (QED) is 0.129. The lowest BCUT2D eigenvalue weighted by atomic mass is 9.65. The molecule has 0 unspecified atom stereocenters. The summed E-state index contributed by atoms with van der Waals surface area (Å²) in [5.41, 5.74) is 1.31. The Morgan fingerprint density at radius 1 is 1.00 bits per heavy atom. The van der Waals surface area contributed by atoms with Gasteiger partial charge in [0.2, 0.25) is 17.7 Å². The average molecular weight is 987 g/mol. The number of imide groups is 1. The van der Waals surface area contributed by atoms with Gasteiger partial charge in [0.1, 0.15) is 23.3 Å². The van der Waals surface area contributed by atoms with Crippen LogP contribution in [0.4, 0.5) is 34.6 Å². The van der Waals surface area contributed by atoms with Crippen LogP contribution < -0.4 is 25.6 Å². The number of likely N-dealkylation sites (tertiary alicyclic amines) is 1. The fourth-order valence-electron chi connectivity index (χ4n) is 11.6. The van der Waals surface area contributed by atoms with Gasteiger partial charge in [0.15, 0.2) is 0 Å². The summed E-state index contributed by atoms with van der Waals surface area (Å²) in [5.74, 6) is -3.23. The van der Waals surface area contributed by atoms with Gasteiger partial charge in [-0.3, -0.25) is 39.2 Å². The number of hydrogen-bond donors (Lipinski definition) is 3. The Bertz CT molecular complexity index is 2780. The Hall–Kier alpha value is -6.31. The molecule has 6 aliphatic heterocycles. The Labute approximate surface area is 405 Å². The van der Waals surface area contributed by atoms with Crippen molar-refractivity contribution < 1.29 is 51.0 Å². The second-order valence-corrected chi connectivity index (χ2v) is 19.3. The number of nitrogens with zero attached hydrogens (tertiary/aromatic N) is 5. The Balaban J connectivity index is 0.889. The molecule has 0 bridgehead atoms. The van der Waals surface area contributed by atoms with Gasteiger partial charge in [0.05, 0.1) is 23.9 Å². The molecule has 4 fully saturated rings. The number of fused-ring (bicyclic) bond motifs is 3. The first-order valence-electron chi connectivity index (χ1n) is 23.5. The number of benzene rings is 3. The van der Waals surface area contributed by atoms with Crippen molar-refractivity contribution in [1.29, 1.82) is 0 Å². The van der Waals surface area contributed by atoms with E-state index in [1.165, 1.54) is 24.3 Å². The van der Waals surface area contributed by atoms with E-state index in [1.807, 2.05) is 24.0 Å². The summed E-state index contributed by atoms with van der Waals surface area (Å²) in [6.07, 6.45) is -1.64. The van der Waals surface area contributed by atoms with Crippen LogP contribution in [-0.4, -0.2) is 127 Å². The van der Waals surface area contributed by atoms with Gasteiger partial charge in [-0.2, -0.15) is 13.2 Å². The van der Waals surface area contributed by atoms with Crippen molar-refractivity contribution in [2.24, 2.45) is 5.92 Å². The maximum atomic E-state index is 16.5. The number of amides is 5. The predicted molar refractivity (Wildman–Crippen MR) is 249 cm³/mol. The van der Waals surface area contributed by atoms with Gasteiger partial charge >= 0.3 is 6.18 Å². The normalized spacial score (nSPS) is 25.0. The zero-order valence-corrected chi connectivity index (χ0v) is 39.2. The van der Waals surface area contributed by atoms with Gasteiger partial charge in [-0.05, 0) is 91.8 Å². The highest BCUT2D eigenvalue weighted by atomic mass is 35.5. The molecule has 368 valence electrons. The molecule has 4 aromatic rings. The number of nitrogens with one attached hydrogen (secondary N) is 3. The lowest BCUT2D eigenvalue weighted by Gasteiger charge is -2.37. The van der Waals surface area contributed by atoms with Crippen LogP contribution in [-0.2, 0) is 37.3 Å². The van der Waals surface area contributed by atoms with Gasteiger partial charge in [-0.15, -0.1) is 0 Å². The number of aromatic nitrogens is 1. The largest absolute Gasteiger partial charge is 0.495 e. The number of anilines is 3. The van der Waals surface area contributed by atoms with E-state index >= 15 is 9.18 Å². The van der Waals surface area contributed by atoms with Crippen LogP contribution in [0.2, 0.25) is 5.02 Å². The van der Waals surface area contributed by atoms with Crippen molar-refractivity contribution in [2.75, 3.05) is 75.1 Å². The Morgan fingerprint density at radius 2 is 1.77 bits per heavy atom. The molecule has 1 spiro atoms. The van der Waals surface area contributed by atoms with E-state index in [4.69, 9.17) is 21.1 Å². The van der Waals surface area contributed by atoms with E-state index in [2.05, 4.69) is 25.8 Å². The molecule has 15 nitrogen and oxygen atoms in total. The molecule has 6 aliphatic rings. The van der Waals surface area contributed by atoms with Crippen LogP contribution in [0, 0.1) is 11.7 Å². The topological polar surface area (TPSA) is 166 Å². The Kier molecular flexibility index (Phi) is 12.5. The highest BCUT2D eigenvalue weighted by Crippen LogP contribution is 2.58. The molecule has 5 atom stereocenters. The minimum atomic E-state index is -4.71. The van der Waals surface area contributed by atoms with Crippen molar-refractivity contribution in [2.45, 2.75) is 74.8 Å². The third-order valence-corrected chi connectivity index (χ3v) is 15.6. The van der Waals surface area contributed by atoms with E-state index in [9.17, 15) is 32.3 Å². The highest BCUT2D eigenvalue weighted by Gasteiger charge is 2.64. The number of carbonyl (C=O) groups excluding carboxylic acids is 5. The number of halogens is 5. The molecule has 0 saturated carbocycles. The van der Waals surface area contributed by atoms with Crippen molar-refractivity contribution in [3.8, 4) is 5.75 Å². The van der Waals surface area contributed by atoms with Gasteiger partial charge in [0, 0.05) is 117 Å².